The summed E-state index contributed by atoms with van der Waals surface area (Å²) in [5.41, 5.74) is 0. The number of aliphatic hydroxyl groups is 1. The van der Waals surface area contributed by atoms with Gasteiger partial charge in [0.25, 0.3) is 0 Å². The van der Waals surface area contributed by atoms with Crippen molar-refractivity contribution in [2.45, 2.75) is 6.94 Å². The SMILES string of the molecule is OC(I)C(Br)I. The Labute approximate surface area is 72.3 Å². The predicted octanol–water partition coefficient (Wildman–Crippen LogP) is 1.90. The van der Waals surface area contributed by atoms with Crippen LogP contribution >= 0.6 is 61.1 Å². The normalized spacial score (nSPS) is 20.0. The minimum atomic E-state index is -0.275. The monoisotopic (exact) mass is 376 g/mol. The van der Waals surface area contributed by atoms with E-state index in [1.54, 1.807) is 0 Å². The molecule has 0 rings (SSSR count). The van der Waals surface area contributed by atoms with Gasteiger partial charge in [0, 0.05) is 0 Å². The maximum Gasteiger partial charge on any atom is 0.126 e. The summed E-state index contributed by atoms with van der Waals surface area (Å²) in [6, 6.07) is 0. The molecule has 0 saturated carbocycles. The molecule has 6 heavy (non-hydrogen) atoms. The van der Waals surface area contributed by atoms with Gasteiger partial charge in [-0.1, -0.05) is 38.5 Å². The van der Waals surface area contributed by atoms with Gasteiger partial charge in [0.2, 0.25) is 0 Å². The first-order valence-corrected chi connectivity index (χ1v) is 4.65. The van der Waals surface area contributed by atoms with Gasteiger partial charge in [-0.15, -0.1) is 0 Å². The van der Waals surface area contributed by atoms with Crippen LogP contribution in [0.5, 0.6) is 0 Å². The molecule has 0 aromatic carbocycles. The van der Waals surface area contributed by atoms with E-state index in [9.17, 15) is 0 Å². The molecule has 38 valence electrons. The molecule has 1 N–H and O–H groups in total. The van der Waals surface area contributed by atoms with Crippen LogP contribution in [-0.2, 0) is 0 Å². The summed E-state index contributed by atoms with van der Waals surface area (Å²) >= 11 is 7.19. The van der Waals surface area contributed by atoms with E-state index in [2.05, 4.69) is 38.5 Å². The van der Waals surface area contributed by atoms with E-state index < -0.39 is 0 Å². The Morgan fingerprint density at radius 3 is 1.67 bits per heavy atom. The van der Waals surface area contributed by atoms with Gasteiger partial charge in [-0.2, -0.15) is 0 Å². The highest BCUT2D eigenvalue weighted by atomic mass is 127. The van der Waals surface area contributed by atoms with Gasteiger partial charge in [0.05, 0.1) is 0 Å². The summed E-state index contributed by atoms with van der Waals surface area (Å²) in [5.74, 6) is 0. The number of hydrogen-bond donors (Lipinski definition) is 1. The van der Waals surface area contributed by atoms with Gasteiger partial charge in [0.1, 0.15) is 6.94 Å². The zero-order valence-electron chi connectivity index (χ0n) is 2.74. The van der Waals surface area contributed by atoms with E-state index in [1.165, 1.54) is 0 Å². The second-order valence-electron chi connectivity index (χ2n) is 0.707. The lowest BCUT2D eigenvalue weighted by Gasteiger charge is -1.98. The van der Waals surface area contributed by atoms with E-state index >= 15 is 0 Å². The average molecular weight is 377 g/mol. The quantitative estimate of drug-likeness (QED) is 0.547. The van der Waals surface area contributed by atoms with Crippen LogP contribution in [0, 0.1) is 0 Å². The summed E-state index contributed by atoms with van der Waals surface area (Å²) in [6.07, 6.45) is 0. The van der Waals surface area contributed by atoms with Crippen LogP contribution in [-0.4, -0.2) is 12.1 Å². The van der Waals surface area contributed by atoms with Crippen molar-refractivity contribution in [3.63, 3.8) is 0 Å². The molecule has 0 aliphatic rings. The molecule has 0 aromatic rings. The summed E-state index contributed by atoms with van der Waals surface area (Å²) < 4.78 is -0.0982. The number of halogens is 3. The van der Waals surface area contributed by atoms with E-state index in [4.69, 9.17) is 5.11 Å². The summed E-state index contributed by atoms with van der Waals surface area (Å²) in [6.45, 7) is 0. The molecule has 0 radical (unpaired) electrons. The van der Waals surface area contributed by atoms with Crippen molar-refractivity contribution in [3.05, 3.63) is 0 Å². The van der Waals surface area contributed by atoms with Gasteiger partial charge in [-0.05, 0) is 22.6 Å². The van der Waals surface area contributed by atoms with Gasteiger partial charge in [-0.3, -0.25) is 0 Å². The molecule has 0 amide bonds. The van der Waals surface area contributed by atoms with Crippen molar-refractivity contribution in [2.24, 2.45) is 0 Å². The molecule has 0 aromatic heterocycles. The molecule has 0 spiro atoms. The third kappa shape index (κ3) is 4.07. The van der Waals surface area contributed by atoms with Crippen LogP contribution in [0.1, 0.15) is 0 Å². The van der Waals surface area contributed by atoms with Crippen LogP contribution in [0.3, 0.4) is 0 Å². The van der Waals surface area contributed by atoms with Crippen molar-refractivity contribution >= 4 is 61.1 Å². The standard InChI is InChI=1S/C2H3BrI2O/c3-1(4)2(5)6/h1-2,6H. The van der Waals surface area contributed by atoms with Crippen LogP contribution in [0.25, 0.3) is 0 Å². The van der Waals surface area contributed by atoms with E-state index in [-0.39, 0.29) is 6.94 Å². The maximum atomic E-state index is 8.56. The average Bonchev–Trinajstić information content (AvgIpc) is 1.36. The lowest BCUT2D eigenvalue weighted by atomic mass is 10.9. The lowest BCUT2D eigenvalue weighted by molar-refractivity contribution is 0.301. The van der Waals surface area contributed by atoms with E-state index in [0.29, 0.717) is 0 Å². The van der Waals surface area contributed by atoms with Crippen molar-refractivity contribution in [3.8, 4) is 0 Å². The first-order chi connectivity index (χ1) is 2.64. The van der Waals surface area contributed by atoms with Crippen LogP contribution in [0.2, 0.25) is 0 Å². The highest BCUT2D eigenvalue weighted by molar-refractivity contribution is 14.1. The van der Waals surface area contributed by atoms with Gasteiger partial charge in [0.15, 0.2) is 0 Å². The maximum absolute atomic E-state index is 8.56. The second kappa shape index (κ2) is 3.85. The van der Waals surface area contributed by atoms with Crippen LogP contribution in [0.15, 0.2) is 0 Å². The van der Waals surface area contributed by atoms with Gasteiger partial charge in [-0.25, -0.2) is 0 Å². The lowest BCUT2D eigenvalue weighted by Crippen LogP contribution is -2.02. The van der Waals surface area contributed by atoms with Crippen LogP contribution in [0.4, 0.5) is 0 Å². The largest absolute Gasteiger partial charge is 0.381 e. The molecule has 0 saturated heterocycles. The summed E-state index contributed by atoms with van der Waals surface area (Å²) in [7, 11) is 0. The molecule has 0 bridgehead atoms. The van der Waals surface area contributed by atoms with Crippen molar-refractivity contribution in [2.75, 3.05) is 0 Å². The first-order valence-electron chi connectivity index (χ1n) is 1.25. The zero-order valence-corrected chi connectivity index (χ0v) is 8.64. The van der Waals surface area contributed by atoms with Gasteiger partial charge < -0.3 is 5.11 Å². The Hall–Kier alpha value is 1.90. The minimum absolute atomic E-state index is 0.177. The fourth-order valence-corrected chi connectivity index (χ4v) is 0. The first kappa shape index (κ1) is 7.90. The Bertz CT molecular complexity index is 32.5. The van der Waals surface area contributed by atoms with Crippen molar-refractivity contribution in [1.82, 2.24) is 0 Å². The third-order valence-electron chi connectivity index (χ3n) is 0.208. The fraction of sp³-hybridized carbons (Fsp3) is 1.00. The van der Waals surface area contributed by atoms with Crippen LogP contribution < -0.4 is 0 Å². The molecule has 0 heterocycles. The van der Waals surface area contributed by atoms with Gasteiger partial charge >= 0.3 is 0 Å². The molecule has 1 nitrogen and oxygen atoms in total. The molecule has 0 fully saturated rings. The van der Waals surface area contributed by atoms with E-state index in [0.717, 1.165) is 0 Å². The molecule has 0 aliphatic heterocycles. The number of aliphatic hydroxyl groups excluding tert-OH is 1. The Balaban J connectivity index is 2.99. The molecular formula is C2H3BrI2O. The van der Waals surface area contributed by atoms with Crippen molar-refractivity contribution in [1.29, 1.82) is 0 Å². The summed E-state index contributed by atoms with van der Waals surface area (Å²) in [5, 5.41) is 8.56. The van der Waals surface area contributed by atoms with Crippen molar-refractivity contribution < 1.29 is 5.11 Å². The Morgan fingerprint density at radius 2 is 1.67 bits per heavy atom. The molecule has 4 heteroatoms. The molecule has 2 atom stereocenters. The minimum Gasteiger partial charge on any atom is -0.381 e. The summed E-state index contributed by atoms with van der Waals surface area (Å²) in [4.78, 5) is 0. The Kier molecular flexibility index (Phi) is 5.07. The predicted molar refractivity (Wildman–Crippen MR) is 46.8 cm³/mol. The number of alkyl halides is 3. The number of rotatable bonds is 1. The highest BCUT2D eigenvalue weighted by Gasteiger charge is 2.04. The molecular weight excluding hydrogens is 374 g/mol. The fourth-order valence-electron chi connectivity index (χ4n) is 0. The molecule has 0 aliphatic carbocycles. The third-order valence-corrected chi connectivity index (χ3v) is 4.47. The topological polar surface area (TPSA) is 20.2 Å². The second-order valence-corrected chi connectivity index (χ2v) is 6.02. The highest BCUT2D eigenvalue weighted by Crippen LogP contribution is 2.17. The van der Waals surface area contributed by atoms with E-state index in [1.807, 2.05) is 22.6 Å². The number of hydrogen-bond acceptors (Lipinski definition) is 1. The molecule has 2 unspecified atom stereocenters. The zero-order chi connectivity index (χ0) is 5.15. The smallest absolute Gasteiger partial charge is 0.126 e. The Morgan fingerprint density at radius 1 is 1.50 bits per heavy atom.